The monoisotopic (exact) mass is 340 g/mol. The fraction of sp³-hybridized carbons (Fsp3) is 0.562. The average molecular weight is 340 g/mol. The summed E-state index contributed by atoms with van der Waals surface area (Å²) < 4.78 is 28.5. The normalized spacial score (nSPS) is 18.9. The van der Waals surface area contributed by atoms with Crippen LogP contribution in [0.4, 0.5) is 0 Å². The Kier molecular flexibility index (Phi) is 5.31. The molecule has 1 amide bonds. The highest BCUT2D eigenvalue weighted by Crippen LogP contribution is 2.30. The average Bonchev–Trinajstić information content (AvgIpc) is 2.54. The van der Waals surface area contributed by atoms with Crippen LogP contribution in [0.1, 0.15) is 31.4 Å². The SMILES string of the molecule is COc1ccccc1C(C)NC(=O)C1(S(C)(=O)=O)CCNCC1. The van der Waals surface area contributed by atoms with E-state index in [9.17, 15) is 13.2 Å². The number of carbonyl (C=O) groups excluding carboxylic acids is 1. The molecule has 1 atom stereocenters. The smallest absolute Gasteiger partial charge is 0.242 e. The van der Waals surface area contributed by atoms with Gasteiger partial charge in [-0.05, 0) is 38.9 Å². The molecule has 0 radical (unpaired) electrons. The second-order valence-corrected chi connectivity index (χ2v) is 8.28. The number of rotatable bonds is 5. The van der Waals surface area contributed by atoms with E-state index in [2.05, 4.69) is 10.6 Å². The van der Waals surface area contributed by atoms with Gasteiger partial charge >= 0.3 is 0 Å². The minimum atomic E-state index is -3.51. The van der Waals surface area contributed by atoms with Gasteiger partial charge in [-0.1, -0.05) is 18.2 Å². The third-order valence-electron chi connectivity index (χ3n) is 4.49. The molecule has 0 aromatic heterocycles. The van der Waals surface area contributed by atoms with E-state index in [4.69, 9.17) is 4.74 Å². The van der Waals surface area contributed by atoms with Crippen molar-refractivity contribution in [3.8, 4) is 5.75 Å². The van der Waals surface area contributed by atoms with Crippen molar-refractivity contribution in [3.63, 3.8) is 0 Å². The minimum Gasteiger partial charge on any atom is -0.496 e. The molecule has 1 unspecified atom stereocenters. The van der Waals surface area contributed by atoms with E-state index in [1.165, 1.54) is 0 Å². The number of amides is 1. The molecule has 128 valence electrons. The summed E-state index contributed by atoms with van der Waals surface area (Å²) in [6.07, 6.45) is 1.72. The molecular weight excluding hydrogens is 316 g/mol. The van der Waals surface area contributed by atoms with Crippen LogP contribution in [0.5, 0.6) is 5.75 Å². The van der Waals surface area contributed by atoms with E-state index in [1.54, 1.807) is 7.11 Å². The summed E-state index contributed by atoms with van der Waals surface area (Å²) in [4.78, 5) is 12.8. The first-order valence-corrected chi connectivity index (χ1v) is 9.55. The molecule has 6 nitrogen and oxygen atoms in total. The molecule has 0 bridgehead atoms. The second-order valence-electron chi connectivity index (χ2n) is 5.95. The number of hydrogen-bond acceptors (Lipinski definition) is 5. The zero-order chi connectivity index (χ0) is 17.1. The van der Waals surface area contributed by atoms with Gasteiger partial charge in [0.05, 0.1) is 13.2 Å². The highest BCUT2D eigenvalue weighted by molar-refractivity contribution is 7.92. The van der Waals surface area contributed by atoms with Crippen LogP contribution in [0.3, 0.4) is 0 Å². The van der Waals surface area contributed by atoms with Crippen molar-refractivity contribution in [1.29, 1.82) is 0 Å². The highest BCUT2D eigenvalue weighted by Gasteiger charge is 2.48. The number of nitrogens with one attached hydrogen (secondary N) is 2. The molecule has 1 aromatic rings. The van der Waals surface area contributed by atoms with Gasteiger partial charge in [0.1, 0.15) is 5.75 Å². The maximum absolute atomic E-state index is 12.8. The fourth-order valence-electron chi connectivity index (χ4n) is 3.03. The molecule has 2 N–H and O–H groups in total. The van der Waals surface area contributed by atoms with Gasteiger partial charge in [-0.25, -0.2) is 8.42 Å². The number of hydrogen-bond donors (Lipinski definition) is 2. The van der Waals surface area contributed by atoms with E-state index >= 15 is 0 Å². The fourth-order valence-corrected chi connectivity index (χ4v) is 4.37. The molecule has 0 saturated carbocycles. The van der Waals surface area contributed by atoms with E-state index in [0.29, 0.717) is 18.8 Å². The molecule has 0 spiro atoms. The Labute approximate surface area is 137 Å². The molecule has 1 aliphatic rings. The number of sulfone groups is 1. The summed E-state index contributed by atoms with van der Waals surface area (Å²) in [7, 11) is -1.95. The molecule has 1 aliphatic heterocycles. The lowest BCUT2D eigenvalue weighted by Crippen LogP contribution is -2.57. The van der Waals surface area contributed by atoms with Crippen LogP contribution in [0.15, 0.2) is 24.3 Å². The quantitative estimate of drug-likeness (QED) is 0.837. The molecule has 1 fully saturated rings. The Morgan fingerprint density at radius 1 is 1.30 bits per heavy atom. The summed E-state index contributed by atoms with van der Waals surface area (Å²) in [5.74, 6) is 0.235. The zero-order valence-electron chi connectivity index (χ0n) is 13.8. The second kappa shape index (κ2) is 6.88. The van der Waals surface area contributed by atoms with Crippen molar-refractivity contribution in [1.82, 2.24) is 10.6 Å². The number of ether oxygens (including phenoxy) is 1. The van der Waals surface area contributed by atoms with Crippen LogP contribution in [0, 0.1) is 0 Å². The van der Waals surface area contributed by atoms with Crippen molar-refractivity contribution in [3.05, 3.63) is 29.8 Å². The minimum absolute atomic E-state index is 0.288. The predicted octanol–water partition coefficient (Wildman–Crippen LogP) is 1.04. The topological polar surface area (TPSA) is 84.5 Å². The van der Waals surface area contributed by atoms with Crippen LogP contribution >= 0.6 is 0 Å². The van der Waals surface area contributed by atoms with Crippen molar-refractivity contribution in [2.45, 2.75) is 30.6 Å². The molecule has 1 saturated heterocycles. The van der Waals surface area contributed by atoms with Gasteiger partial charge in [0, 0.05) is 11.8 Å². The van der Waals surface area contributed by atoms with Crippen LogP contribution in [0.25, 0.3) is 0 Å². The first-order chi connectivity index (χ1) is 10.8. The van der Waals surface area contributed by atoms with Crippen LogP contribution in [-0.2, 0) is 14.6 Å². The first kappa shape index (κ1) is 17.7. The summed E-state index contributed by atoms with van der Waals surface area (Å²) in [5.41, 5.74) is 0.820. The molecule has 1 heterocycles. The van der Waals surface area contributed by atoms with E-state index in [-0.39, 0.29) is 18.9 Å². The third-order valence-corrected chi connectivity index (χ3v) is 6.50. The zero-order valence-corrected chi connectivity index (χ0v) is 14.6. The van der Waals surface area contributed by atoms with Crippen molar-refractivity contribution < 1.29 is 17.9 Å². The predicted molar refractivity (Wildman–Crippen MR) is 89.2 cm³/mol. The molecule has 1 aromatic carbocycles. The first-order valence-electron chi connectivity index (χ1n) is 7.66. The van der Waals surface area contributed by atoms with Gasteiger partial charge in [-0.2, -0.15) is 0 Å². The van der Waals surface area contributed by atoms with Crippen LogP contribution in [0.2, 0.25) is 0 Å². The summed E-state index contributed by atoms with van der Waals surface area (Å²) in [6, 6.07) is 7.04. The van der Waals surface area contributed by atoms with E-state index in [1.807, 2.05) is 31.2 Å². The number of piperidine rings is 1. The number of carbonyl (C=O) groups is 1. The maximum Gasteiger partial charge on any atom is 0.242 e. The molecule has 2 rings (SSSR count). The van der Waals surface area contributed by atoms with Gasteiger partial charge in [0.15, 0.2) is 14.6 Å². The number of para-hydroxylation sites is 1. The summed E-state index contributed by atoms with van der Waals surface area (Å²) in [6.45, 7) is 2.86. The maximum atomic E-state index is 12.8. The van der Waals surface area contributed by atoms with E-state index < -0.39 is 20.5 Å². The van der Waals surface area contributed by atoms with Crippen molar-refractivity contribution in [2.75, 3.05) is 26.5 Å². The Balaban J connectivity index is 2.25. The van der Waals surface area contributed by atoms with Crippen LogP contribution in [-0.4, -0.2) is 45.5 Å². The lowest BCUT2D eigenvalue weighted by atomic mass is 9.95. The lowest BCUT2D eigenvalue weighted by Gasteiger charge is -2.35. The Morgan fingerprint density at radius 3 is 2.48 bits per heavy atom. The highest BCUT2D eigenvalue weighted by atomic mass is 32.2. The molecular formula is C16H24N2O4S. The molecule has 0 aliphatic carbocycles. The van der Waals surface area contributed by atoms with Crippen LogP contribution < -0.4 is 15.4 Å². The molecule has 23 heavy (non-hydrogen) atoms. The van der Waals surface area contributed by atoms with Gasteiger partial charge in [0.25, 0.3) is 0 Å². The third kappa shape index (κ3) is 3.50. The van der Waals surface area contributed by atoms with Crippen molar-refractivity contribution in [2.24, 2.45) is 0 Å². The summed E-state index contributed by atoms with van der Waals surface area (Å²) in [5, 5.41) is 5.97. The van der Waals surface area contributed by atoms with Gasteiger partial charge in [-0.3, -0.25) is 4.79 Å². The largest absolute Gasteiger partial charge is 0.496 e. The molecule has 7 heteroatoms. The number of benzene rings is 1. The standard InChI is InChI=1S/C16H24N2O4S/c1-12(13-6-4-5-7-14(13)22-2)18-15(19)16(23(3,20)21)8-10-17-11-9-16/h4-7,12,17H,8-11H2,1-3H3,(H,18,19). The van der Waals surface area contributed by atoms with Gasteiger partial charge in [0.2, 0.25) is 5.91 Å². The number of methoxy groups -OCH3 is 1. The Morgan fingerprint density at radius 2 is 1.91 bits per heavy atom. The Hall–Kier alpha value is -1.60. The summed E-state index contributed by atoms with van der Waals surface area (Å²) >= 11 is 0. The van der Waals surface area contributed by atoms with Gasteiger partial charge < -0.3 is 15.4 Å². The van der Waals surface area contributed by atoms with Crippen molar-refractivity contribution >= 4 is 15.7 Å². The van der Waals surface area contributed by atoms with Gasteiger partial charge in [-0.15, -0.1) is 0 Å². The van der Waals surface area contributed by atoms with E-state index in [0.717, 1.165) is 11.8 Å². The Bertz CT molecular complexity index is 666. The lowest BCUT2D eigenvalue weighted by molar-refractivity contribution is -0.125.